The standard InChI is InChI=1S/C22H27N3O4/c1-28-18-7-2-5-16(11-18)12-19-13-23-22(29-19)17-6-3-9-24(14-17)21(27)15-25-10-4-8-20(25)26/h2,5,7,11,13,17H,3-4,6,8-10,12,14-15H2,1H3. The summed E-state index contributed by atoms with van der Waals surface area (Å²) in [7, 11) is 1.65. The molecule has 7 heteroatoms. The number of carbonyl (C=O) groups is 2. The van der Waals surface area contributed by atoms with Crippen LogP contribution in [0.3, 0.4) is 0 Å². The van der Waals surface area contributed by atoms with E-state index in [1.807, 2.05) is 29.2 Å². The Morgan fingerprint density at radius 3 is 3.00 bits per heavy atom. The second kappa shape index (κ2) is 8.68. The van der Waals surface area contributed by atoms with Crippen LogP contribution in [0.2, 0.25) is 0 Å². The zero-order chi connectivity index (χ0) is 20.2. The molecule has 2 aliphatic heterocycles. The number of carbonyl (C=O) groups excluding carboxylic acids is 2. The van der Waals surface area contributed by atoms with E-state index in [0.717, 1.165) is 42.9 Å². The zero-order valence-electron chi connectivity index (χ0n) is 16.8. The summed E-state index contributed by atoms with van der Waals surface area (Å²) in [5.74, 6) is 2.52. The molecule has 1 aromatic heterocycles. The first-order chi connectivity index (χ1) is 14.1. The van der Waals surface area contributed by atoms with Crippen LogP contribution in [0.25, 0.3) is 0 Å². The van der Waals surface area contributed by atoms with Crippen LogP contribution in [0.4, 0.5) is 0 Å². The number of ether oxygens (including phenoxy) is 1. The van der Waals surface area contributed by atoms with Gasteiger partial charge in [-0.25, -0.2) is 4.98 Å². The fourth-order valence-electron chi connectivity index (χ4n) is 4.12. The van der Waals surface area contributed by atoms with Gasteiger partial charge in [-0.1, -0.05) is 12.1 Å². The lowest BCUT2D eigenvalue weighted by molar-refractivity contribution is -0.139. The minimum atomic E-state index is 0.0214. The van der Waals surface area contributed by atoms with Crippen LogP contribution in [0.1, 0.15) is 48.8 Å². The highest BCUT2D eigenvalue weighted by molar-refractivity contribution is 5.86. The third-order valence-electron chi connectivity index (χ3n) is 5.70. The molecule has 3 heterocycles. The lowest BCUT2D eigenvalue weighted by Crippen LogP contribution is -2.45. The summed E-state index contributed by atoms with van der Waals surface area (Å²) in [5.41, 5.74) is 1.10. The van der Waals surface area contributed by atoms with Crippen molar-refractivity contribution < 1.29 is 18.7 Å². The fourth-order valence-corrected chi connectivity index (χ4v) is 4.12. The minimum absolute atomic E-state index is 0.0214. The van der Waals surface area contributed by atoms with E-state index in [0.29, 0.717) is 31.8 Å². The molecule has 2 aromatic rings. The number of likely N-dealkylation sites (tertiary alicyclic amines) is 2. The van der Waals surface area contributed by atoms with Gasteiger partial charge in [-0.05, 0) is 37.0 Å². The lowest BCUT2D eigenvalue weighted by Gasteiger charge is -2.32. The second-order valence-corrected chi connectivity index (χ2v) is 7.79. The number of benzene rings is 1. The SMILES string of the molecule is COc1cccc(Cc2cnc(C3CCCN(C(=O)CN4CCCC4=O)C3)o2)c1. The maximum atomic E-state index is 12.7. The number of aromatic nitrogens is 1. The molecule has 0 radical (unpaired) electrons. The number of oxazole rings is 1. The number of piperidine rings is 1. The summed E-state index contributed by atoms with van der Waals surface area (Å²) in [4.78, 5) is 32.5. The molecule has 4 rings (SSSR count). The second-order valence-electron chi connectivity index (χ2n) is 7.79. The summed E-state index contributed by atoms with van der Waals surface area (Å²) in [6.45, 7) is 2.21. The maximum Gasteiger partial charge on any atom is 0.242 e. The van der Waals surface area contributed by atoms with Gasteiger partial charge in [0.1, 0.15) is 11.5 Å². The van der Waals surface area contributed by atoms with Gasteiger partial charge in [0.2, 0.25) is 11.8 Å². The van der Waals surface area contributed by atoms with E-state index in [9.17, 15) is 9.59 Å². The normalized spacial score (nSPS) is 19.6. The molecule has 29 heavy (non-hydrogen) atoms. The van der Waals surface area contributed by atoms with Crippen LogP contribution in [0.5, 0.6) is 5.75 Å². The van der Waals surface area contributed by atoms with Gasteiger partial charge in [0.05, 0.1) is 25.8 Å². The summed E-state index contributed by atoms with van der Waals surface area (Å²) in [5, 5.41) is 0. The molecule has 7 nitrogen and oxygen atoms in total. The first-order valence-corrected chi connectivity index (χ1v) is 10.3. The van der Waals surface area contributed by atoms with E-state index in [2.05, 4.69) is 4.98 Å². The van der Waals surface area contributed by atoms with Crippen LogP contribution >= 0.6 is 0 Å². The Hall–Kier alpha value is -2.83. The Morgan fingerprint density at radius 2 is 2.21 bits per heavy atom. The van der Waals surface area contributed by atoms with E-state index in [-0.39, 0.29) is 24.3 Å². The summed E-state index contributed by atoms with van der Waals surface area (Å²) >= 11 is 0. The van der Waals surface area contributed by atoms with Crippen LogP contribution in [-0.2, 0) is 16.0 Å². The predicted octanol–water partition coefficient (Wildman–Crippen LogP) is 2.60. The largest absolute Gasteiger partial charge is 0.497 e. The first kappa shape index (κ1) is 19.5. The Bertz CT molecular complexity index is 878. The summed E-state index contributed by atoms with van der Waals surface area (Å²) < 4.78 is 11.3. The molecule has 0 spiro atoms. The van der Waals surface area contributed by atoms with E-state index >= 15 is 0 Å². The molecule has 1 atom stereocenters. The Labute approximate surface area is 170 Å². The Kier molecular flexibility index (Phi) is 5.83. The monoisotopic (exact) mass is 397 g/mol. The molecular weight excluding hydrogens is 370 g/mol. The smallest absolute Gasteiger partial charge is 0.242 e. The molecule has 2 fully saturated rings. The van der Waals surface area contributed by atoms with Crippen LogP contribution in [0.15, 0.2) is 34.9 Å². The van der Waals surface area contributed by atoms with E-state index in [1.165, 1.54) is 0 Å². The first-order valence-electron chi connectivity index (χ1n) is 10.3. The van der Waals surface area contributed by atoms with Crippen molar-refractivity contribution in [1.82, 2.24) is 14.8 Å². The van der Waals surface area contributed by atoms with Gasteiger partial charge in [0.15, 0.2) is 5.89 Å². The van der Waals surface area contributed by atoms with Crippen molar-refractivity contribution in [2.75, 3.05) is 33.3 Å². The van der Waals surface area contributed by atoms with Gasteiger partial charge < -0.3 is 19.0 Å². The number of hydrogen-bond donors (Lipinski definition) is 0. The molecule has 0 saturated carbocycles. The molecule has 1 unspecified atom stereocenters. The van der Waals surface area contributed by atoms with Crippen molar-refractivity contribution in [3.05, 3.63) is 47.7 Å². The van der Waals surface area contributed by atoms with Gasteiger partial charge >= 0.3 is 0 Å². The number of hydrogen-bond acceptors (Lipinski definition) is 5. The molecular formula is C22H27N3O4. The Balaban J connectivity index is 1.37. The van der Waals surface area contributed by atoms with Crippen molar-refractivity contribution in [2.24, 2.45) is 0 Å². The number of rotatable bonds is 6. The molecule has 2 amide bonds. The van der Waals surface area contributed by atoms with Crippen molar-refractivity contribution in [1.29, 1.82) is 0 Å². The molecule has 154 valence electrons. The average molecular weight is 397 g/mol. The summed E-state index contributed by atoms with van der Waals surface area (Å²) in [6.07, 6.45) is 5.70. The summed E-state index contributed by atoms with van der Waals surface area (Å²) in [6, 6.07) is 7.90. The third kappa shape index (κ3) is 4.60. The highest BCUT2D eigenvalue weighted by Gasteiger charge is 2.30. The van der Waals surface area contributed by atoms with Crippen molar-refractivity contribution in [3.63, 3.8) is 0 Å². The fraction of sp³-hybridized carbons (Fsp3) is 0.500. The highest BCUT2D eigenvalue weighted by atomic mass is 16.5. The molecule has 0 aliphatic carbocycles. The van der Waals surface area contributed by atoms with E-state index in [4.69, 9.17) is 9.15 Å². The topological polar surface area (TPSA) is 75.9 Å². The van der Waals surface area contributed by atoms with Crippen molar-refractivity contribution in [2.45, 2.75) is 38.0 Å². The number of nitrogens with zero attached hydrogens (tertiary/aromatic N) is 3. The van der Waals surface area contributed by atoms with Gasteiger partial charge in [-0.3, -0.25) is 9.59 Å². The zero-order valence-corrected chi connectivity index (χ0v) is 16.8. The van der Waals surface area contributed by atoms with Crippen LogP contribution < -0.4 is 4.74 Å². The van der Waals surface area contributed by atoms with E-state index in [1.54, 1.807) is 18.2 Å². The minimum Gasteiger partial charge on any atom is -0.497 e. The molecule has 2 aliphatic rings. The van der Waals surface area contributed by atoms with Gasteiger partial charge in [-0.2, -0.15) is 0 Å². The lowest BCUT2D eigenvalue weighted by atomic mass is 9.98. The van der Waals surface area contributed by atoms with Crippen LogP contribution in [-0.4, -0.2) is 59.9 Å². The highest BCUT2D eigenvalue weighted by Crippen LogP contribution is 2.28. The Morgan fingerprint density at radius 1 is 1.31 bits per heavy atom. The van der Waals surface area contributed by atoms with Crippen molar-refractivity contribution >= 4 is 11.8 Å². The number of amides is 2. The van der Waals surface area contributed by atoms with Crippen molar-refractivity contribution in [3.8, 4) is 5.75 Å². The molecule has 2 saturated heterocycles. The average Bonchev–Trinajstić information content (AvgIpc) is 3.37. The third-order valence-corrected chi connectivity index (χ3v) is 5.70. The van der Waals surface area contributed by atoms with E-state index < -0.39 is 0 Å². The maximum absolute atomic E-state index is 12.7. The molecule has 1 aromatic carbocycles. The van der Waals surface area contributed by atoms with Crippen LogP contribution in [0, 0.1) is 0 Å². The molecule has 0 bridgehead atoms. The van der Waals surface area contributed by atoms with Gasteiger partial charge in [0.25, 0.3) is 0 Å². The molecule has 0 N–H and O–H groups in total. The quantitative estimate of drug-likeness (QED) is 0.749. The van der Waals surface area contributed by atoms with Gasteiger partial charge in [-0.15, -0.1) is 0 Å². The number of methoxy groups -OCH3 is 1. The van der Waals surface area contributed by atoms with Gasteiger partial charge in [0, 0.05) is 32.5 Å². The predicted molar refractivity (Wildman–Crippen MR) is 107 cm³/mol.